The minimum Gasteiger partial charge on any atom is -0.497 e. The van der Waals surface area contributed by atoms with Crippen LogP contribution in [-0.2, 0) is 11.3 Å². The molecule has 0 aliphatic heterocycles. The lowest BCUT2D eigenvalue weighted by molar-refractivity contribution is -0.118. The van der Waals surface area contributed by atoms with E-state index in [-0.39, 0.29) is 34.6 Å². The van der Waals surface area contributed by atoms with Crippen LogP contribution in [-0.4, -0.2) is 28.7 Å². The van der Waals surface area contributed by atoms with E-state index in [4.69, 9.17) is 4.74 Å². The second kappa shape index (κ2) is 9.71. The average molecular weight is 424 g/mol. The topological polar surface area (TPSA) is 108 Å². The molecule has 3 rings (SSSR count). The van der Waals surface area contributed by atoms with Crippen LogP contribution in [0.25, 0.3) is 11.3 Å². The van der Waals surface area contributed by atoms with E-state index in [9.17, 15) is 19.2 Å². The lowest BCUT2D eigenvalue weighted by Crippen LogP contribution is -2.25. The minimum absolute atomic E-state index is 0.0364. The first-order chi connectivity index (χ1) is 14.5. The number of hydrogen-bond acceptors (Lipinski definition) is 6. The summed E-state index contributed by atoms with van der Waals surface area (Å²) < 4.78 is 18.7. The fourth-order valence-corrected chi connectivity index (χ4v) is 3.29. The van der Waals surface area contributed by atoms with Gasteiger partial charge in [-0.1, -0.05) is 30.0 Å². The van der Waals surface area contributed by atoms with Crippen molar-refractivity contribution in [2.24, 2.45) is 0 Å². The van der Waals surface area contributed by atoms with Crippen molar-refractivity contribution < 1.29 is 13.9 Å². The van der Waals surface area contributed by atoms with Crippen molar-refractivity contribution in [3.63, 3.8) is 0 Å². The molecular weight excluding hydrogens is 407 g/mol. The van der Waals surface area contributed by atoms with Crippen LogP contribution < -0.4 is 15.6 Å². The number of nitriles is 1. The Balaban J connectivity index is 1.72. The third-order valence-corrected chi connectivity index (χ3v) is 5.02. The van der Waals surface area contributed by atoms with Gasteiger partial charge in [0.05, 0.1) is 18.6 Å². The average Bonchev–Trinajstić information content (AvgIpc) is 2.76. The molecule has 0 saturated heterocycles. The zero-order chi connectivity index (χ0) is 21.5. The van der Waals surface area contributed by atoms with Crippen molar-refractivity contribution in [2.75, 3.05) is 12.9 Å². The number of benzene rings is 2. The van der Waals surface area contributed by atoms with E-state index in [0.29, 0.717) is 16.9 Å². The number of carbonyl (C=O) groups is 1. The lowest BCUT2D eigenvalue weighted by Gasteiger charge is -2.08. The molecule has 7 nitrogen and oxygen atoms in total. The van der Waals surface area contributed by atoms with E-state index < -0.39 is 11.4 Å². The summed E-state index contributed by atoms with van der Waals surface area (Å²) in [6, 6.07) is 14.8. The number of rotatable bonds is 7. The Hall–Kier alpha value is -3.64. The van der Waals surface area contributed by atoms with E-state index in [2.05, 4.69) is 15.3 Å². The molecule has 0 saturated carbocycles. The number of halogens is 1. The predicted octanol–water partition coefficient (Wildman–Crippen LogP) is 2.86. The fraction of sp³-hybridized carbons (Fsp3) is 0.143. The second-order valence-electron chi connectivity index (χ2n) is 6.09. The zero-order valence-electron chi connectivity index (χ0n) is 15.9. The van der Waals surface area contributed by atoms with Gasteiger partial charge in [-0.25, -0.2) is 9.37 Å². The van der Waals surface area contributed by atoms with Gasteiger partial charge in [0.2, 0.25) is 5.91 Å². The van der Waals surface area contributed by atoms with Crippen LogP contribution in [0.4, 0.5) is 4.39 Å². The van der Waals surface area contributed by atoms with Gasteiger partial charge in [0, 0.05) is 17.7 Å². The molecule has 0 unspecified atom stereocenters. The number of nitrogens with zero attached hydrogens (tertiary/aromatic N) is 2. The molecule has 2 aromatic carbocycles. The van der Waals surface area contributed by atoms with Crippen molar-refractivity contribution >= 4 is 17.7 Å². The Bertz CT molecular complexity index is 1160. The van der Waals surface area contributed by atoms with E-state index in [0.717, 1.165) is 11.8 Å². The molecule has 9 heteroatoms. The molecule has 0 fully saturated rings. The summed E-state index contributed by atoms with van der Waals surface area (Å²) in [6.07, 6.45) is 0. The Morgan fingerprint density at radius 3 is 2.67 bits per heavy atom. The van der Waals surface area contributed by atoms with Gasteiger partial charge in [0.15, 0.2) is 5.16 Å². The smallest absolute Gasteiger partial charge is 0.270 e. The minimum atomic E-state index is -0.590. The van der Waals surface area contributed by atoms with Crippen molar-refractivity contribution in [3.8, 4) is 23.1 Å². The molecule has 1 heterocycles. The third kappa shape index (κ3) is 5.04. The number of amides is 1. The van der Waals surface area contributed by atoms with Crippen LogP contribution in [0.1, 0.15) is 11.1 Å². The predicted molar refractivity (Wildman–Crippen MR) is 111 cm³/mol. The molecule has 3 aromatic rings. The maximum absolute atomic E-state index is 13.6. The Labute approximate surface area is 175 Å². The number of aromatic nitrogens is 2. The van der Waals surface area contributed by atoms with Crippen LogP contribution in [0.5, 0.6) is 5.75 Å². The van der Waals surface area contributed by atoms with Gasteiger partial charge >= 0.3 is 0 Å². The number of nitrogens with one attached hydrogen (secondary N) is 2. The number of H-pyrrole nitrogens is 1. The van der Waals surface area contributed by atoms with E-state index in [1.54, 1.807) is 42.5 Å². The molecule has 2 N–H and O–H groups in total. The molecule has 0 atom stereocenters. The van der Waals surface area contributed by atoms with E-state index in [1.807, 2.05) is 6.07 Å². The largest absolute Gasteiger partial charge is 0.497 e. The van der Waals surface area contributed by atoms with Crippen LogP contribution in [0.15, 0.2) is 58.5 Å². The summed E-state index contributed by atoms with van der Waals surface area (Å²) in [6.45, 7) is 0.0560. The number of methoxy groups -OCH3 is 1. The lowest BCUT2D eigenvalue weighted by atomic mass is 10.1. The molecule has 30 heavy (non-hydrogen) atoms. The maximum atomic E-state index is 13.6. The van der Waals surface area contributed by atoms with Crippen molar-refractivity contribution in [3.05, 3.63) is 75.8 Å². The highest BCUT2D eigenvalue weighted by molar-refractivity contribution is 7.99. The SMILES string of the molecule is COc1ccc(-c2nc(SCC(=O)NCc3ccccc3F)[nH]c(=O)c2C#N)cc1. The highest BCUT2D eigenvalue weighted by Crippen LogP contribution is 2.24. The summed E-state index contributed by atoms with van der Waals surface area (Å²) in [5, 5.41) is 12.2. The summed E-state index contributed by atoms with van der Waals surface area (Å²) in [4.78, 5) is 31.2. The highest BCUT2D eigenvalue weighted by Gasteiger charge is 2.15. The van der Waals surface area contributed by atoms with Gasteiger partial charge in [-0.05, 0) is 30.3 Å². The third-order valence-electron chi connectivity index (χ3n) is 4.15. The summed E-state index contributed by atoms with van der Waals surface area (Å²) in [5.74, 6) is -0.150. The molecular formula is C21H17FN4O3S. The van der Waals surface area contributed by atoms with Crippen LogP contribution in [0.2, 0.25) is 0 Å². The number of carbonyl (C=O) groups excluding carboxylic acids is 1. The van der Waals surface area contributed by atoms with Gasteiger partial charge in [0.1, 0.15) is 23.2 Å². The van der Waals surface area contributed by atoms with Crippen molar-refractivity contribution in [2.45, 2.75) is 11.7 Å². The Morgan fingerprint density at radius 1 is 1.27 bits per heavy atom. The molecule has 0 aliphatic carbocycles. The second-order valence-corrected chi connectivity index (χ2v) is 7.06. The van der Waals surface area contributed by atoms with Gasteiger partial charge in [-0.15, -0.1) is 0 Å². The van der Waals surface area contributed by atoms with Gasteiger partial charge < -0.3 is 15.0 Å². The number of thioether (sulfide) groups is 1. The quantitative estimate of drug-likeness (QED) is 0.446. The first-order valence-electron chi connectivity index (χ1n) is 8.83. The van der Waals surface area contributed by atoms with E-state index >= 15 is 0 Å². The van der Waals surface area contributed by atoms with E-state index in [1.165, 1.54) is 13.2 Å². The normalized spacial score (nSPS) is 10.3. The summed E-state index contributed by atoms with van der Waals surface area (Å²) >= 11 is 1.01. The molecule has 0 bridgehead atoms. The monoisotopic (exact) mass is 424 g/mol. The molecule has 0 radical (unpaired) electrons. The summed E-state index contributed by atoms with van der Waals surface area (Å²) in [5.41, 5.74) is 0.464. The maximum Gasteiger partial charge on any atom is 0.270 e. The van der Waals surface area contributed by atoms with Crippen molar-refractivity contribution in [1.82, 2.24) is 15.3 Å². The Kier molecular flexibility index (Phi) is 6.83. The van der Waals surface area contributed by atoms with Crippen LogP contribution >= 0.6 is 11.8 Å². The number of ether oxygens (including phenoxy) is 1. The molecule has 0 spiro atoms. The standard InChI is InChI=1S/C21H17FN4O3S/c1-29-15-8-6-13(7-9-15)19-16(10-23)20(28)26-21(25-19)30-12-18(27)24-11-14-4-2-3-5-17(14)22/h2-9H,11-12H2,1H3,(H,24,27)(H,25,26,28). The molecule has 1 aromatic heterocycles. The van der Waals surface area contributed by atoms with Gasteiger partial charge in [0.25, 0.3) is 5.56 Å². The van der Waals surface area contributed by atoms with Crippen LogP contribution in [0.3, 0.4) is 0 Å². The van der Waals surface area contributed by atoms with Gasteiger partial charge in [-0.2, -0.15) is 5.26 Å². The van der Waals surface area contributed by atoms with Crippen LogP contribution in [0, 0.1) is 17.1 Å². The number of hydrogen-bond donors (Lipinski definition) is 2. The molecule has 0 aliphatic rings. The Morgan fingerprint density at radius 2 is 2.00 bits per heavy atom. The molecule has 152 valence electrons. The first kappa shape index (κ1) is 21.1. The highest BCUT2D eigenvalue weighted by atomic mass is 32.2. The van der Waals surface area contributed by atoms with Gasteiger partial charge in [-0.3, -0.25) is 9.59 Å². The fourth-order valence-electron chi connectivity index (χ4n) is 2.60. The van der Waals surface area contributed by atoms with Crippen molar-refractivity contribution in [1.29, 1.82) is 5.26 Å². The first-order valence-corrected chi connectivity index (χ1v) is 9.82. The molecule has 1 amide bonds. The number of aromatic amines is 1. The zero-order valence-corrected chi connectivity index (χ0v) is 16.8. The summed E-state index contributed by atoms with van der Waals surface area (Å²) in [7, 11) is 1.53.